The highest BCUT2D eigenvalue weighted by atomic mass is 19.3. The van der Waals surface area contributed by atoms with Crippen molar-refractivity contribution in [2.24, 2.45) is 0 Å². The molecule has 0 aliphatic carbocycles. The van der Waals surface area contributed by atoms with Crippen LogP contribution in [0.5, 0.6) is 17.2 Å². The Bertz CT molecular complexity index is 761. The van der Waals surface area contributed by atoms with Crippen LogP contribution < -0.4 is 19.5 Å². The third-order valence-corrected chi connectivity index (χ3v) is 3.47. The second kappa shape index (κ2) is 9.41. The molecule has 2 aromatic carbocycles. The highest BCUT2D eigenvalue weighted by Gasteiger charge is 2.05. The molecular weight excluding hydrogens is 344 g/mol. The lowest BCUT2D eigenvalue weighted by Gasteiger charge is -2.08. The van der Waals surface area contributed by atoms with Gasteiger partial charge >= 0.3 is 6.61 Å². The summed E-state index contributed by atoms with van der Waals surface area (Å²) in [6.07, 6.45) is 3.02. The molecule has 0 unspecified atom stereocenters. The normalized spacial score (nSPS) is 10.8. The molecule has 0 aliphatic heterocycles. The molecule has 7 heteroatoms. The van der Waals surface area contributed by atoms with Crippen LogP contribution >= 0.6 is 0 Å². The number of carbonyl (C=O) groups excluding carboxylic acids is 1. The van der Waals surface area contributed by atoms with E-state index in [2.05, 4.69) is 10.1 Å². The van der Waals surface area contributed by atoms with E-state index in [9.17, 15) is 13.6 Å². The van der Waals surface area contributed by atoms with E-state index in [-0.39, 0.29) is 18.2 Å². The highest BCUT2D eigenvalue weighted by molar-refractivity contribution is 5.92. The van der Waals surface area contributed by atoms with E-state index in [4.69, 9.17) is 9.47 Å². The van der Waals surface area contributed by atoms with Crippen molar-refractivity contribution in [2.75, 3.05) is 14.2 Å². The van der Waals surface area contributed by atoms with Crippen molar-refractivity contribution in [3.8, 4) is 17.2 Å². The Morgan fingerprint density at radius 3 is 2.38 bits per heavy atom. The Hall–Kier alpha value is -3.09. The molecular formula is C19H19F2NO4. The summed E-state index contributed by atoms with van der Waals surface area (Å²) in [4.78, 5) is 11.9. The van der Waals surface area contributed by atoms with Crippen LogP contribution in [0.1, 0.15) is 11.1 Å². The van der Waals surface area contributed by atoms with Crippen molar-refractivity contribution in [2.45, 2.75) is 13.2 Å². The van der Waals surface area contributed by atoms with E-state index < -0.39 is 6.61 Å². The van der Waals surface area contributed by atoms with E-state index in [0.717, 1.165) is 11.1 Å². The minimum absolute atomic E-state index is 0.0709. The molecule has 0 bridgehead atoms. The lowest BCUT2D eigenvalue weighted by Crippen LogP contribution is -2.20. The van der Waals surface area contributed by atoms with E-state index in [1.807, 2.05) is 0 Å². The molecule has 26 heavy (non-hydrogen) atoms. The van der Waals surface area contributed by atoms with Gasteiger partial charge in [-0.1, -0.05) is 12.1 Å². The largest absolute Gasteiger partial charge is 0.497 e. The van der Waals surface area contributed by atoms with Crippen LogP contribution in [0.25, 0.3) is 6.08 Å². The van der Waals surface area contributed by atoms with Crippen LogP contribution in [0.3, 0.4) is 0 Å². The molecule has 2 aromatic rings. The summed E-state index contributed by atoms with van der Waals surface area (Å²) in [6, 6.07) is 11.3. The van der Waals surface area contributed by atoms with E-state index >= 15 is 0 Å². The fourth-order valence-electron chi connectivity index (χ4n) is 2.16. The molecule has 0 fully saturated rings. The molecule has 138 valence electrons. The number of ether oxygens (including phenoxy) is 3. The summed E-state index contributed by atoms with van der Waals surface area (Å²) >= 11 is 0. The molecule has 0 aliphatic rings. The number of rotatable bonds is 8. The minimum atomic E-state index is -2.86. The van der Waals surface area contributed by atoms with E-state index in [1.165, 1.54) is 25.3 Å². The van der Waals surface area contributed by atoms with Crippen molar-refractivity contribution in [3.05, 3.63) is 59.7 Å². The molecule has 0 saturated heterocycles. The molecule has 2 rings (SSSR count). The van der Waals surface area contributed by atoms with Gasteiger partial charge in [0.2, 0.25) is 5.91 Å². The second-order valence-electron chi connectivity index (χ2n) is 5.18. The second-order valence-corrected chi connectivity index (χ2v) is 5.18. The van der Waals surface area contributed by atoms with E-state index in [0.29, 0.717) is 11.5 Å². The zero-order chi connectivity index (χ0) is 18.9. The third-order valence-electron chi connectivity index (χ3n) is 3.47. The molecule has 1 N–H and O–H groups in total. The zero-order valence-electron chi connectivity index (χ0n) is 14.4. The van der Waals surface area contributed by atoms with E-state index in [1.54, 1.807) is 43.5 Å². The van der Waals surface area contributed by atoms with Gasteiger partial charge in [0.25, 0.3) is 0 Å². The number of hydrogen-bond acceptors (Lipinski definition) is 4. The first kappa shape index (κ1) is 19.2. The molecule has 0 radical (unpaired) electrons. The van der Waals surface area contributed by atoms with Gasteiger partial charge in [-0.3, -0.25) is 4.79 Å². The molecule has 0 aromatic heterocycles. The first-order valence-electron chi connectivity index (χ1n) is 7.73. The van der Waals surface area contributed by atoms with Crippen LogP contribution in [-0.4, -0.2) is 26.7 Å². The molecule has 5 nitrogen and oxygen atoms in total. The number of alkyl halides is 2. The number of carbonyl (C=O) groups is 1. The fourth-order valence-corrected chi connectivity index (χ4v) is 2.16. The lowest BCUT2D eigenvalue weighted by molar-refractivity contribution is -0.116. The van der Waals surface area contributed by atoms with Crippen molar-refractivity contribution < 1.29 is 27.8 Å². The Morgan fingerprint density at radius 1 is 1.08 bits per heavy atom. The van der Waals surface area contributed by atoms with Crippen LogP contribution in [0.2, 0.25) is 0 Å². The van der Waals surface area contributed by atoms with Gasteiger partial charge in [-0.05, 0) is 35.9 Å². The van der Waals surface area contributed by atoms with Gasteiger partial charge in [-0.15, -0.1) is 0 Å². The molecule has 0 saturated carbocycles. The van der Waals surface area contributed by atoms with Crippen molar-refractivity contribution in [1.29, 1.82) is 0 Å². The number of halogens is 2. The first-order valence-corrected chi connectivity index (χ1v) is 7.73. The maximum Gasteiger partial charge on any atom is 0.387 e. The maximum absolute atomic E-state index is 12.1. The van der Waals surface area contributed by atoms with Gasteiger partial charge in [0, 0.05) is 24.3 Å². The Morgan fingerprint density at radius 2 is 1.77 bits per heavy atom. The Kier molecular flexibility index (Phi) is 6.96. The number of amides is 1. The van der Waals surface area contributed by atoms with Crippen molar-refractivity contribution >= 4 is 12.0 Å². The SMILES string of the molecule is COc1ccc(/C=C/C(=O)NCc2ccc(OC(F)F)cc2)c(OC)c1. The standard InChI is InChI=1S/C19H19F2NO4/c1-24-16-9-5-14(17(11-16)25-2)6-10-18(23)22-12-13-3-7-15(8-4-13)26-19(20)21/h3-11,19H,12H2,1-2H3,(H,22,23)/b10-6+. The monoisotopic (exact) mass is 363 g/mol. The van der Waals surface area contributed by atoms with Gasteiger partial charge in [-0.2, -0.15) is 8.78 Å². The lowest BCUT2D eigenvalue weighted by atomic mass is 10.1. The number of hydrogen-bond donors (Lipinski definition) is 1. The van der Waals surface area contributed by atoms with Gasteiger partial charge in [-0.25, -0.2) is 0 Å². The summed E-state index contributed by atoms with van der Waals surface area (Å²) < 4.78 is 38.8. The van der Waals surface area contributed by atoms with Gasteiger partial charge in [0.1, 0.15) is 17.2 Å². The highest BCUT2D eigenvalue weighted by Crippen LogP contribution is 2.25. The Balaban J connectivity index is 1.91. The van der Waals surface area contributed by atoms with Gasteiger partial charge in [0.15, 0.2) is 0 Å². The number of methoxy groups -OCH3 is 2. The summed E-state index contributed by atoms with van der Waals surface area (Å²) in [7, 11) is 3.09. The van der Waals surface area contributed by atoms with Crippen molar-refractivity contribution in [1.82, 2.24) is 5.32 Å². The smallest absolute Gasteiger partial charge is 0.387 e. The summed E-state index contributed by atoms with van der Waals surface area (Å²) in [6.45, 7) is -2.60. The predicted octanol–water partition coefficient (Wildman–Crippen LogP) is 3.63. The summed E-state index contributed by atoms with van der Waals surface area (Å²) in [5, 5.41) is 2.71. The van der Waals surface area contributed by atoms with Gasteiger partial charge < -0.3 is 19.5 Å². The third kappa shape index (κ3) is 5.77. The maximum atomic E-state index is 12.1. The zero-order valence-corrected chi connectivity index (χ0v) is 14.4. The first-order chi connectivity index (χ1) is 12.5. The predicted molar refractivity (Wildman–Crippen MR) is 93.5 cm³/mol. The molecule has 0 spiro atoms. The van der Waals surface area contributed by atoms with Crippen molar-refractivity contribution in [3.63, 3.8) is 0 Å². The quantitative estimate of drug-likeness (QED) is 0.728. The van der Waals surface area contributed by atoms with Gasteiger partial charge in [0.05, 0.1) is 14.2 Å². The van der Waals surface area contributed by atoms with Crippen LogP contribution in [0.15, 0.2) is 48.5 Å². The van der Waals surface area contributed by atoms with Crippen LogP contribution in [0, 0.1) is 0 Å². The number of benzene rings is 2. The summed E-state index contributed by atoms with van der Waals surface area (Å²) in [5.41, 5.74) is 1.49. The van der Waals surface area contributed by atoms with Crippen LogP contribution in [-0.2, 0) is 11.3 Å². The number of nitrogens with one attached hydrogen (secondary N) is 1. The van der Waals surface area contributed by atoms with Crippen LogP contribution in [0.4, 0.5) is 8.78 Å². The molecule has 0 atom stereocenters. The average molecular weight is 363 g/mol. The fraction of sp³-hybridized carbons (Fsp3) is 0.211. The minimum Gasteiger partial charge on any atom is -0.497 e. The molecule has 0 heterocycles. The molecule has 1 amide bonds. The Labute approximate surface area is 150 Å². The summed E-state index contributed by atoms with van der Waals surface area (Å²) in [5.74, 6) is 1.02. The topological polar surface area (TPSA) is 56.8 Å². The average Bonchev–Trinajstić information content (AvgIpc) is 2.65.